The van der Waals surface area contributed by atoms with Crippen LogP contribution in [0.1, 0.15) is 11.1 Å². The average Bonchev–Trinajstić information content (AvgIpc) is 3.12. The number of aromatic nitrogens is 4. The van der Waals surface area contributed by atoms with E-state index in [2.05, 4.69) is 44.6 Å². The maximum Gasteiger partial charge on any atom is 0.167 e. The zero-order valence-electron chi connectivity index (χ0n) is 14.3. The molecule has 0 spiro atoms. The van der Waals surface area contributed by atoms with Crippen molar-refractivity contribution in [3.05, 3.63) is 84.3 Å². The number of benzene rings is 2. The van der Waals surface area contributed by atoms with E-state index in [9.17, 15) is 0 Å². The number of hydrogen-bond acceptors (Lipinski definition) is 4. The third-order valence-corrected chi connectivity index (χ3v) is 4.15. The van der Waals surface area contributed by atoms with Crippen molar-refractivity contribution in [2.45, 2.75) is 6.42 Å². The van der Waals surface area contributed by atoms with Crippen molar-refractivity contribution in [3.63, 3.8) is 0 Å². The van der Waals surface area contributed by atoms with Gasteiger partial charge >= 0.3 is 0 Å². The van der Waals surface area contributed by atoms with Crippen molar-refractivity contribution in [3.8, 4) is 0 Å². The Morgan fingerprint density at radius 3 is 2.50 bits per heavy atom. The van der Waals surface area contributed by atoms with Crippen molar-refractivity contribution in [1.82, 2.24) is 19.7 Å². The second kappa shape index (κ2) is 7.61. The van der Waals surface area contributed by atoms with E-state index < -0.39 is 0 Å². The van der Waals surface area contributed by atoms with Crippen LogP contribution in [0.5, 0.6) is 0 Å². The molecular weight excluding hydrogens is 322 g/mol. The Bertz CT molecular complexity index is 1010. The zero-order chi connectivity index (χ0) is 17.6. The van der Waals surface area contributed by atoms with Crippen molar-refractivity contribution in [2.24, 2.45) is 0 Å². The fraction of sp³-hybridized carbons (Fsp3) is 0.0952. The molecule has 5 nitrogen and oxygen atoms in total. The van der Waals surface area contributed by atoms with Crippen LogP contribution in [0.15, 0.2) is 73.2 Å². The Hall–Kier alpha value is -3.47. The van der Waals surface area contributed by atoms with Gasteiger partial charge in [-0.2, -0.15) is 5.10 Å². The molecule has 0 aliphatic heterocycles. The van der Waals surface area contributed by atoms with E-state index >= 15 is 0 Å². The summed E-state index contributed by atoms with van der Waals surface area (Å²) < 4.78 is 1.77. The van der Waals surface area contributed by atoms with Gasteiger partial charge < -0.3 is 5.32 Å². The van der Waals surface area contributed by atoms with Crippen molar-refractivity contribution in [2.75, 3.05) is 11.9 Å². The van der Waals surface area contributed by atoms with Gasteiger partial charge in [0.15, 0.2) is 5.65 Å². The van der Waals surface area contributed by atoms with E-state index in [0.717, 1.165) is 35.4 Å². The fourth-order valence-corrected chi connectivity index (χ4v) is 2.80. The van der Waals surface area contributed by atoms with Crippen LogP contribution in [-0.2, 0) is 6.42 Å². The monoisotopic (exact) mass is 341 g/mol. The molecule has 0 radical (unpaired) electrons. The summed E-state index contributed by atoms with van der Waals surface area (Å²) in [5.41, 5.74) is 3.20. The van der Waals surface area contributed by atoms with Crippen LogP contribution in [-0.4, -0.2) is 26.3 Å². The molecular formula is C21H19N5. The Morgan fingerprint density at radius 1 is 0.923 bits per heavy atom. The molecule has 1 N–H and O–H groups in total. The molecule has 0 fully saturated rings. The maximum atomic E-state index is 4.42. The number of rotatable bonds is 6. The topological polar surface area (TPSA) is 55.6 Å². The number of nitrogens with one attached hydrogen (secondary N) is 1. The molecule has 0 aliphatic rings. The highest BCUT2D eigenvalue weighted by atomic mass is 15.3. The summed E-state index contributed by atoms with van der Waals surface area (Å²) in [6.07, 6.45) is 8.24. The first kappa shape index (κ1) is 16.0. The highest BCUT2D eigenvalue weighted by Crippen LogP contribution is 2.19. The van der Waals surface area contributed by atoms with E-state index in [4.69, 9.17) is 0 Å². The lowest BCUT2D eigenvalue weighted by Gasteiger charge is -2.06. The summed E-state index contributed by atoms with van der Waals surface area (Å²) in [6, 6.07) is 20.5. The fourth-order valence-electron chi connectivity index (χ4n) is 2.80. The first-order chi connectivity index (χ1) is 12.9. The third kappa shape index (κ3) is 3.62. The summed E-state index contributed by atoms with van der Waals surface area (Å²) in [7, 11) is 0. The van der Waals surface area contributed by atoms with Gasteiger partial charge in [0.25, 0.3) is 0 Å². The van der Waals surface area contributed by atoms with Gasteiger partial charge in [0.1, 0.15) is 12.1 Å². The van der Waals surface area contributed by atoms with Crippen LogP contribution in [0.2, 0.25) is 0 Å². The second-order valence-corrected chi connectivity index (χ2v) is 5.94. The molecule has 4 rings (SSSR count). The molecule has 0 atom stereocenters. The van der Waals surface area contributed by atoms with Gasteiger partial charge in [-0.1, -0.05) is 60.7 Å². The predicted molar refractivity (Wildman–Crippen MR) is 106 cm³/mol. The molecule has 0 aliphatic carbocycles. The molecule has 0 saturated carbocycles. The average molecular weight is 341 g/mol. The van der Waals surface area contributed by atoms with E-state index in [1.54, 1.807) is 17.2 Å². The first-order valence-electron chi connectivity index (χ1n) is 8.59. The number of hydrogen-bond donors (Lipinski definition) is 1. The van der Waals surface area contributed by atoms with Gasteiger partial charge in [0, 0.05) is 12.7 Å². The Balaban J connectivity index is 1.50. The lowest BCUT2D eigenvalue weighted by atomic mass is 10.1. The molecule has 2 heterocycles. The number of fused-ring (bicyclic) bond motifs is 1. The Labute approximate surface area is 152 Å². The number of anilines is 1. The molecule has 0 bridgehead atoms. The molecule has 0 amide bonds. The Kier molecular flexibility index (Phi) is 4.69. The van der Waals surface area contributed by atoms with E-state index in [-0.39, 0.29) is 0 Å². The largest absolute Gasteiger partial charge is 0.369 e. The van der Waals surface area contributed by atoms with Gasteiger partial charge in [-0.05, 0) is 23.6 Å². The SMILES string of the molecule is C(=C\n1ncc2c(NCCc3ccccc3)ncnc21)/c1ccccc1. The highest BCUT2D eigenvalue weighted by molar-refractivity contribution is 5.87. The minimum absolute atomic E-state index is 0.786. The highest BCUT2D eigenvalue weighted by Gasteiger charge is 2.08. The van der Waals surface area contributed by atoms with Gasteiger partial charge in [0.2, 0.25) is 0 Å². The third-order valence-electron chi connectivity index (χ3n) is 4.15. The Morgan fingerprint density at radius 2 is 1.69 bits per heavy atom. The van der Waals surface area contributed by atoms with Crippen LogP contribution in [0.25, 0.3) is 23.3 Å². The lowest BCUT2D eigenvalue weighted by molar-refractivity contribution is 0.949. The van der Waals surface area contributed by atoms with Gasteiger partial charge in [0.05, 0.1) is 11.6 Å². The van der Waals surface area contributed by atoms with Crippen molar-refractivity contribution in [1.29, 1.82) is 0 Å². The van der Waals surface area contributed by atoms with E-state index in [1.165, 1.54) is 5.56 Å². The maximum absolute atomic E-state index is 4.42. The molecule has 4 aromatic rings. The van der Waals surface area contributed by atoms with Crippen LogP contribution in [0.4, 0.5) is 5.82 Å². The van der Waals surface area contributed by atoms with E-state index in [0.29, 0.717) is 0 Å². The van der Waals surface area contributed by atoms with E-state index in [1.807, 2.05) is 48.7 Å². The molecule has 2 aromatic carbocycles. The summed E-state index contributed by atoms with van der Waals surface area (Å²) in [5.74, 6) is 0.810. The summed E-state index contributed by atoms with van der Waals surface area (Å²) in [5, 5.41) is 8.73. The zero-order valence-corrected chi connectivity index (χ0v) is 14.3. The molecule has 0 saturated heterocycles. The summed E-state index contributed by atoms with van der Waals surface area (Å²) in [6.45, 7) is 0.807. The predicted octanol–water partition coefficient (Wildman–Crippen LogP) is 4.11. The normalized spacial score (nSPS) is 11.2. The van der Waals surface area contributed by atoms with Crippen molar-refractivity contribution < 1.29 is 0 Å². The van der Waals surface area contributed by atoms with Crippen LogP contribution >= 0.6 is 0 Å². The van der Waals surface area contributed by atoms with Crippen molar-refractivity contribution >= 4 is 29.1 Å². The molecule has 128 valence electrons. The summed E-state index contributed by atoms with van der Waals surface area (Å²) >= 11 is 0. The van der Waals surface area contributed by atoms with Gasteiger partial charge in [-0.15, -0.1) is 0 Å². The van der Waals surface area contributed by atoms with Crippen LogP contribution < -0.4 is 5.32 Å². The minimum Gasteiger partial charge on any atom is -0.369 e. The summed E-state index contributed by atoms with van der Waals surface area (Å²) in [4.78, 5) is 8.75. The smallest absolute Gasteiger partial charge is 0.167 e. The quantitative estimate of drug-likeness (QED) is 0.573. The van der Waals surface area contributed by atoms with Crippen LogP contribution in [0, 0.1) is 0 Å². The first-order valence-corrected chi connectivity index (χ1v) is 8.59. The second-order valence-electron chi connectivity index (χ2n) is 5.94. The van der Waals surface area contributed by atoms with Gasteiger partial charge in [-0.25, -0.2) is 14.6 Å². The lowest BCUT2D eigenvalue weighted by Crippen LogP contribution is -2.07. The minimum atomic E-state index is 0.786. The molecule has 26 heavy (non-hydrogen) atoms. The number of nitrogens with zero attached hydrogens (tertiary/aromatic N) is 4. The van der Waals surface area contributed by atoms with Crippen LogP contribution in [0.3, 0.4) is 0 Å². The molecule has 5 heteroatoms. The molecule has 2 aromatic heterocycles. The standard InChI is InChI=1S/C21H19N5/c1-3-7-17(8-4-1)11-13-22-20-19-15-25-26(21(19)24-16-23-20)14-12-18-9-5-2-6-10-18/h1-10,12,14-16H,11,13H2,(H,22,23,24)/b14-12+. The van der Waals surface area contributed by atoms with Gasteiger partial charge in [-0.3, -0.25) is 0 Å². The molecule has 0 unspecified atom stereocenters.